The van der Waals surface area contributed by atoms with Crippen molar-refractivity contribution in [2.45, 2.75) is 25.3 Å². The second kappa shape index (κ2) is 6.71. The van der Waals surface area contributed by atoms with Crippen LogP contribution in [-0.4, -0.2) is 38.2 Å². The average Bonchev–Trinajstić information content (AvgIpc) is 2.75. The van der Waals surface area contributed by atoms with E-state index in [9.17, 15) is 14.5 Å². The smallest absolute Gasteiger partial charge is 0.313 e. The highest BCUT2D eigenvalue weighted by atomic mass is 19.1. The summed E-state index contributed by atoms with van der Waals surface area (Å²) < 4.78 is 19.2. The summed E-state index contributed by atoms with van der Waals surface area (Å²) in [6, 6.07) is 2.55. The number of hydrogen-bond acceptors (Lipinski definition) is 5. The number of nitrogens with zero attached hydrogens (tertiary/aromatic N) is 2. The molecule has 0 aliphatic carbocycles. The Kier molecular flexibility index (Phi) is 4.95. The molecule has 0 aromatic heterocycles. The maximum absolute atomic E-state index is 14.2. The van der Waals surface area contributed by atoms with Gasteiger partial charge in [0, 0.05) is 19.2 Å². The highest BCUT2D eigenvalue weighted by molar-refractivity contribution is 5.60. The molecule has 7 heteroatoms. The Morgan fingerprint density at radius 2 is 2.19 bits per heavy atom. The number of nitro benzene ring substituents is 1. The molecule has 1 aliphatic rings. The van der Waals surface area contributed by atoms with Crippen LogP contribution in [0.4, 0.5) is 15.8 Å². The molecular weight excluding hydrogens is 277 g/mol. The highest BCUT2D eigenvalue weighted by Crippen LogP contribution is 2.35. The molecule has 21 heavy (non-hydrogen) atoms. The largest absolute Gasteiger partial charge is 0.490 e. The van der Waals surface area contributed by atoms with Gasteiger partial charge in [-0.25, -0.2) is 4.39 Å². The van der Waals surface area contributed by atoms with E-state index in [1.807, 2.05) is 11.9 Å². The van der Waals surface area contributed by atoms with Crippen molar-refractivity contribution in [1.29, 1.82) is 0 Å². The van der Waals surface area contributed by atoms with Crippen LogP contribution >= 0.6 is 0 Å². The molecule has 0 amide bonds. The molecule has 1 aliphatic heterocycles. The van der Waals surface area contributed by atoms with Crippen molar-refractivity contribution in [1.82, 2.24) is 5.32 Å². The van der Waals surface area contributed by atoms with Gasteiger partial charge in [0.25, 0.3) is 0 Å². The van der Waals surface area contributed by atoms with Crippen LogP contribution in [0, 0.1) is 15.9 Å². The topological polar surface area (TPSA) is 67.6 Å². The quantitative estimate of drug-likeness (QED) is 0.682. The van der Waals surface area contributed by atoms with Crippen LogP contribution in [0.3, 0.4) is 0 Å². The van der Waals surface area contributed by atoms with Crippen molar-refractivity contribution in [3.8, 4) is 5.75 Å². The van der Waals surface area contributed by atoms with Crippen LogP contribution in [0.2, 0.25) is 0 Å². The molecule has 1 aromatic rings. The van der Waals surface area contributed by atoms with Gasteiger partial charge in [0.05, 0.1) is 23.8 Å². The van der Waals surface area contributed by atoms with Gasteiger partial charge in [-0.15, -0.1) is 0 Å². The van der Waals surface area contributed by atoms with Crippen LogP contribution in [-0.2, 0) is 0 Å². The Balaban J connectivity index is 2.31. The molecule has 0 bridgehead atoms. The minimum Gasteiger partial charge on any atom is -0.490 e. The Bertz CT molecular complexity index is 516. The normalized spacial score (nSPS) is 18.9. The minimum absolute atomic E-state index is 0.0787. The first-order valence-corrected chi connectivity index (χ1v) is 7.00. The fraction of sp³-hybridized carbons (Fsp3) is 0.571. The molecule has 0 spiro atoms. The Hall–Kier alpha value is -1.89. The molecule has 1 fully saturated rings. The monoisotopic (exact) mass is 297 g/mol. The summed E-state index contributed by atoms with van der Waals surface area (Å²) in [4.78, 5) is 12.1. The molecule has 1 N–H and O–H groups in total. The molecule has 6 nitrogen and oxygen atoms in total. The number of rotatable bonds is 4. The summed E-state index contributed by atoms with van der Waals surface area (Å²) in [5, 5.41) is 14.2. The number of anilines is 1. The number of benzene rings is 1. The summed E-state index contributed by atoms with van der Waals surface area (Å²) in [5.41, 5.74) is -0.0148. The van der Waals surface area contributed by atoms with Crippen LogP contribution in [0.15, 0.2) is 12.1 Å². The van der Waals surface area contributed by atoms with Crippen LogP contribution < -0.4 is 15.0 Å². The predicted molar refractivity (Wildman–Crippen MR) is 78.5 cm³/mol. The first-order valence-electron chi connectivity index (χ1n) is 7.00. The summed E-state index contributed by atoms with van der Waals surface area (Å²) in [7, 11) is 3.17. The number of halogens is 1. The zero-order valence-corrected chi connectivity index (χ0v) is 12.3. The number of hydrogen-bond donors (Lipinski definition) is 1. The maximum atomic E-state index is 14.2. The molecule has 1 unspecified atom stereocenters. The molecule has 1 saturated heterocycles. The lowest BCUT2D eigenvalue weighted by Gasteiger charge is -2.29. The predicted octanol–water partition coefficient (Wildman–Crippen LogP) is 2.32. The Morgan fingerprint density at radius 1 is 1.43 bits per heavy atom. The van der Waals surface area contributed by atoms with Crippen LogP contribution in [0.1, 0.15) is 19.3 Å². The van der Waals surface area contributed by atoms with Gasteiger partial charge in [0.2, 0.25) is 0 Å². The zero-order valence-electron chi connectivity index (χ0n) is 12.3. The van der Waals surface area contributed by atoms with E-state index in [-0.39, 0.29) is 17.5 Å². The lowest BCUT2D eigenvalue weighted by molar-refractivity contribution is -0.385. The van der Waals surface area contributed by atoms with Crippen molar-refractivity contribution in [2.24, 2.45) is 0 Å². The van der Waals surface area contributed by atoms with Crippen molar-refractivity contribution in [2.75, 3.05) is 32.1 Å². The van der Waals surface area contributed by atoms with Crippen molar-refractivity contribution in [3.05, 3.63) is 28.1 Å². The van der Waals surface area contributed by atoms with Crippen LogP contribution in [0.5, 0.6) is 5.75 Å². The van der Waals surface area contributed by atoms with E-state index in [1.54, 1.807) is 0 Å². The first kappa shape index (κ1) is 15.5. The molecular formula is C14H20FN3O3. The van der Waals surface area contributed by atoms with E-state index in [2.05, 4.69) is 5.32 Å². The molecule has 116 valence electrons. The SMILES string of the molecule is COc1cc(N(C)C2CCCNCC2)c(F)cc1[N+](=O)[O-]. The van der Waals surface area contributed by atoms with Gasteiger partial charge < -0.3 is 15.0 Å². The second-order valence-corrected chi connectivity index (χ2v) is 5.18. The van der Waals surface area contributed by atoms with Crippen LogP contribution in [0.25, 0.3) is 0 Å². The van der Waals surface area contributed by atoms with Gasteiger partial charge >= 0.3 is 5.69 Å². The molecule has 1 aromatic carbocycles. The minimum atomic E-state index is -0.638. The maximum Gasteiger partial charge on any atom is 0.313 e. The average molecular weight is 297 g/mol. The summed E-state index contributed by atoms with van der Waals surface area (Å²) in [6.45, 7) is 1.86. The summed E-state index contributed by atoms with van der Waals surface area (Å²) >= 11 is 0. The lowest BCUT2D eigenvalue weighted by Crippen LogP contribution is -2.33. The van der Waals surface area contributed by atoms with Gasteiger partial charge in [-0.05, 0) is 32.4 Å². The van der Waals surface area contributed by atoms with Gasteiger partial charge in [0.15, 0.2) is 11.6 Å². The summed E-state index contributed by atoms with van der Waals surface area (Å²) in [5.74, 6) is -0.516. The lowest BCUT2D eigenvalue weighted by atomic mass is 10.1. The van der Waals surface area contributed by atoms with Gasteiger partial charge in [0.1, 0.15) is 0 Å². The van der Waals surface area contributed by atoms with E-state index in [0.717, 1.165) is 38.4 Å². The third kappa shape index (κ3) is 3.41. The van der Waals surface area contributed by atoms with E-state index in [0.29, 0.717) is 5.69 Å². The third-order valence-electron chi connectivity index (χ3n) is 3.92. The number of nitrogens with one attached hydrogen (secondary N) is 1. The fourth-order valence-electron chi connectivity index (χ4n) is 2.69. The van der Waals surface area contributed by atoms with E-state index >= 15 is 0 Å². The zero-order chi connectivity index (χ0) is 15.4. The van der Waals surface area contributed by atoms with Crippen molar-refractivity contribution < 1.29 is 14.1 Å². The van der Waals surface area contributed by atoms with E-state index in [1.165, 1.54) is 13.2 Å². The van der Waals surface area contributed by atoms with Gasteiger partial charge in [-0.3, -0.25) is 10.1 Å². The molecule has 0 saturated carbocycles. The standard InChI is InChI=1S/C14H20FN3O3/c1-17(10-4-3-6-16-7-5-10)12-9-14(21-2)13(18(19)20)8-11(12)15/h8-10,16H,3-7H2,1-2H3. The summed E-state index contributed by atoms with van der Waals surface area (Å²) in [6.07, 6.45) is 2.90. The second-order valence-electron chi connectivity index (χ2n) is 5.18. The Labute approximate surface area is 123 Å². The molecule has 1 atom stereocenters. The van der Waals surface area contributed by atoms with E-state index < -0.39 is 10.7 Å². The first-order chi connectivity index (χ1) is 10.0. The number of methoxy groups -OCH3 is 1. The number of ether oxygens (including phenoxy) is 1. The van der Waals surface area contributed by atoms with Gasteiger partial charge in [-0.2, -0.15) is 0 Å². The van der Waals surface area contributed by atoms with Crippen molar-refractivity contribution >= 4 is 11.4 Å². The third-order valence-corrected chi connectivity index (χ3v) is 3.92. The molecule has 0 radical (unpaired) electrons. The Morgan fingerprint density at radius 3 is 2.86 bits per heavy atom. The fourth-order valence-corrected chi connectivity index (χ4v) is 2.69. The highest BCUT2D eigenvalue weighted by Gasteiger charge is 2.24. The molecule has 2 rings (SSSR count). The van der Waals surface area contributed by atoms with E-state index in [4.69, 9.17) is 4.74 Å². The van der Waals surface area contributed by atoms with Gasteiger partial charge in [-0.1, -0.05) is 0 Å². The molecule has 1 heterocycles. The number of nitro groups is 1. The van der Waals surface area contributed by atoms with Crippen molar-refractivity contribution in [3.63, 3.8) is 0 Å².